The second-order valence-corrected chi connectivity index (χ2v) is 8.81. The van der Waals surface area contributed by atoms with Crippen molar-refractivity contribution in [2.45, 2.75) is 30.9 Å². The number of hydrogen-bond donors (Lipinski definition) is 5. The van der Waals surface area contributed by atoms with Gasteiger partial charge in [0.05, 0.1) is 11.6 Å². The number of likely N-dealkylation sites (N-methyl/N-ethyl adjacent to an activating group) is 1. The number of benzene rings is 1. The smallest absolute Gasteiger partial charge is 0.255 e. The summed E-state index contributed by atoms with van der Waals surface area (Å²) < 4.78 is 14.7. The fourth-order valence-electron chi connectivity index (χ4n) is 5.56. The second kappa shape index (κ2) is 6.88. The molecule has 0 aliphatic heterocycles. The Kier molecular flexibility index (Phi) is 4.72. The number of aliphatic hydroxyl groups excluding tert-OH is 2. The Bertz CT molecular complexity index is 1160. The van der Waals surface area contributed by atoms with Crippen LogP contribution in [0.4, 0.5) is 4.39 Å². The normalized spacial score (nSPS) is 32.1. The molecular weight excluding hydrogens is 423 g/mol. The first-order chi connectivity index (χ1) is 14.8. The van der Waals surface area contributed by atoms with Crippen LogP contribution in [0, 0.1) is 17.7 Å². The van der Waals surface area contributed by atoms with Crippen LogP contribution in [0.3, 0.4) is 0 Å². The number of aliphatic hydroxyl groups is 3. The highest BCUT2D eigenvalue weighted by Crippen LogP contribution is 2.56. The quantitative estimate of drug-likeness (QED) is 0.414. The van der Waals surface area contributed by atoms with E-state index in [1.165, 1.54) is 19.0 Å². The first kappa shape index (κ1) is 22.0. The molecule has 0 heterocycles. The second-order valence-electron chi connectivity index (χ2n) is 8.81. The average Bonchev–Trinajstić information content (AvgIpc) is 2.69. The van der Waals surface area contributed by atoms with E-state index >= 15 is 0 Å². The van der Waals surface area contributed by atoms with Gasteiger partial charge in [-0.2, -0.15) is 0 Å². The highest BCUT2D eigenvalue weighted by Gasteiger charge is 2.64. The number of hydrogen-bond acceptors (Lipinski definition) is 8. The lowest BCUT2D eigenvalue weighted by Gasteiger charge is -2.51. The van der Waals surface area contributed by atoms with Gasteiger partial charge in [-0.25, -0.2) is 4.39 Å². The number of carbonyl (C=O) groups excluding carboxylic acids is 3. The number of Topliss-reactive ketones (excluding diaryl/α,β-unsaturated/α-hetero) is 2. The van der Waals surface area contributed by atoms with Gasteiger partial charge in [0.15, 0.2) is 11.4 Å². The average molecular weight is 446 g/mol. The van der Waals surface area contributed by atoms with Crippen molar-refractivity contribution >= 4 is 23.2 Å². The largest absolute Gasteiger partial charge is 0.508 e. The fourth-order valence-corrected chi connectivity index (χ4v) is 5.56. The van der Waals surface area contributed by atoms with Crippen LogP contribution < -0.4 is 5.73 Å². The van der Waals surface area contributed by atoms with E-state index in [9.17, 15) is 39.2 Å². The predicted molar refractivity (Wildman–Crippen MR) is 109 cm³/mol. The third-order valence-electron chi connectivity index (χ3n) is 7.02. The molecule has 0 bridgehead atoms. The van der Waals surface area contributed by atoms with Gasteiger partial charge in [-0.05, 0) is 44.5 Å². The third-order valence-corrected chi connectivity index (χ3v) is 7.02. The Balaban J connectivity index is 2.03. The molecule has 0 saturated heterocycles. The summed E-state index contributed by atoms with van der Waals surface area (Å²) in [7, 11) is 3.02. The molecule has 1 saturated carbocycles. The van der Waals surface area contributed by atoms with E-state index in [-0.39, 0.29) is 23.1 Å². The molecule has 3 aliphatic rings. The Morgan fingerprint density at radius 2 is 1.84 bits per heavy atom. The van der Waals surface area contributed by atoms with Gasteiger partial charge in [0.25, 0.3) is 5.91 Å². The fraction of sp³-hybridized carbons (Fsp3) is 0.409. The van der Waals surface area contributed by atoms with Crippen molar-refractivity contribution in [3.63, 3.8) is 0 Å². The van der Waals surface area contributed by atoms with Crippen molar-refractivity contribution in [1.29, 1.82) is 0 Å². The van der Waals surface area contributed by atoms with Crippen LogP contribution >= 0.6 is 0 Å². The number of rotatable bonds is 2. The molecule has 0 spiro atoms. The van der Waals surface area contributed by atoms with E-state index < -0.39 is 75.5 Å². The standard InChI is InChI=1S/C22H23FN2O7/c1-7-8-6-9-16(25(2)3)18(28)15(21(24)31)20(30)22(9,32)19(29)13(8)17(27)14-11(26)5-4-10(23)12(7)14/h4-5,7-9,16,26-27,30,32H,6H2,1-3H3,(H2,24,31)/t7-,8-,9+,16+,22+/m1/s1. The van der Waals surface area contributed by atoms with E-state index in [2.05, 4.69) is 0 Å². The topological polar surface area (TPSA) is 161 Å². The molecule has 6 N–H and O–H groups in total. The zero-order chi connectivity index (χ0) is 23.9. The summed E-state index contributed by atoms with van der Waals surface area (Å²) in [6.07, 6.45) is -0.0952. The van der Waals surface area contributed by atoms with Crippen molar-refractivity contribution < 1.29 is 39.2 Å². The highest BCUT2D eigenvalue weighted by atomic mass is 19.1. The molecule has 32 heavy (non-hydrogen) atoms. The Hall–Kier alpha value is -3.24. The van der Waals surface area contributed by atoms with Crippen LogP contribution in [0.2, 0.25) is 0 Å². The van der Waals surface area contributed by atoms with Crippen molar-refractivity contribution in [2.75, 3.05) is 14.1 Å². The minimum absolute atomic E-state index is 0.00983. The van der Waals surface area contributed by atoms with Crippen LogP contribution in [-0.4, -0.2) is 68.5 Å². The van der Waals surface area contributed by atoms with Gasteiger partial charge in [-0.15, -0.1) is 0 Å². The summed E-state index contributed by atoms with van der Waals surface area (Å²) in [6, 6.07) is 0.894. The summed E-state index contributed by atoms with van der Waals surface area (Å²) in [4.78, 5) is 39.9. The number of primary amides is 1. The monoisotopic (exact) mass is 446 g/mol. The number of carbonyl (C=O) groups is 3. The van der Waals surface area contributed by atoms with Crippen molar-refractivity contribution in [2.24, 2.45) is 17.6 Å². The summed E-state index contributed by atoms with van der Waals surface area (Å²) in [5, 5.41) is 43.3. The number of ketones is 2. The number of phenolic OH excluding ortho intramolecular Hbond substituents is 1. The van der Waals surface area contributed by atoms with Gasteiger partial charge >= 0.3 is 0 Å². The molecule has 1 amide bonds. The van der Waals surface area contributed by atoms with Gasteiger partial charge in [-0.1, -0.05) is 6.92 Å². The molecule has 9 nitrogen and oxygen atoms in total. The lowest BCUT2D eigenvalue weighted by atomic mass is 9.55. The number of nitrogens with two attached hydrogens (primary N) is 1. The number of fused-ring (bicyclic) bond motifs is 3. The molecule has 10 heteroatoms. The molecule has 0 aromatic heterocycles. The summed E-state index contributed by atoms with van der Waals surface area (Å²) in [5.74, 6) is -9.04. The summed E-state index contributed by atoms with van der Waals surface area (Å²) >= 11 is 0. The first-order valence-electron chi connectivity index (χ1n) is 10.0. The van der Waals surface area contributed by atoms with Crippen LogP contribution in [-0.2, 0) is 14.4 Å². The molecule has 3 aliphatic carbocycles. The van der Waals surface area contributed by atoms with Crippen LogP contribution in [0.1, 0.15) is 30.4 Å². The Morgan fingerprint density at radius 1 is 1.22 bits per heavy atom. The maximum atomic E-state index is 14.7. The maximum absolute atomic E-state index is 14.7. The number of aromatic hydroxyl groups is 1. The van der Waals surface area contributed by atoms with Crippen molar-refractivity contribution in [3.8, 4) is 5.75 Å². The number of phenols is 1. The van der Waals surface area contributed by atoms with Crippen LogP contribution in [0.5, 0.6) is 5.75 Å². The highest BCUT2D eigenvalue weighted by molar-refractivity contribution is 6.24. The van der Waals surface area contributed by atoms with E-state index in [4.69, 9.17) is 5.73 Å². The number of amides is 1. The van der Waals surface area contributed by atoms with Gasteiger partial charge in [0, 0.05) is 17.1 Å². The molecule has 1 fully saturated rings. The predicted octanol–water partition coefficient (Wildman–Crippen LogP) is 0.664. The summed E-state index contributed by atoms with van der Waals surface area (Å²) in [6.45, 7) is 1.61. The maximum Gasteiger partial charge on any atom is 0.255 e. The third kappa shape index (κ3) is 2.53. The molecule has 4 rings (SSSR count). The van der Waals surface area contributed by atoms with Crippen LogP contribution in [0.15, 0.2) is 29.0 Å². The molecule has 0 radical (unpaired) electrons. The van der Waals surface area contributed by atoms with Gasteiger partial charge in [0.1, 0.15) is 28.7 Å². The first-order valence-corrected chi connectivity index (χ1v) is 10.0. The van der Waals surface area contributed by atoms with Crippen molar-refractivity contribution in [1.82, 2.24) is 4.90 Å². The number of halogens is 1. The molecule has 1 aromatic rings. The van der Waals surface area contributed by atoms with Crippen molar-refractivity contribution in [3.05, 3.63) is 46.0 Å². The lowest BCUT2D eigenvalue weighted by Crippen LogP contribution is -2.66. The van der Waals surface area contributed by atoms with Crippen LogP contribution in [0.25, 0.3) is 5.76 Å². The van der Waals surface area contributed by atoms with E-state index in [0.29, 0.717) is 0 Å². The number of nitrogens with zero attached hydrogens (tertiary/aromatic N) is 1. The lowest BCUT2D eigenvalue weighted by molar-refractivity contribution is -0.154. The minimum Gasteiger partial charge on any atom is -0.508 e. The molecule has 170 valence electrons. The zero-order valence-electron chi connectivity index (χ0n) is 17.6. The molecule has 5 atom stereocenters. The Morgan fingerprint density at radius 3 is 2.41 bits per heavy atom. The van der Waals surface area contributed by atoms with E-state index in [1.54, 1.807) is 6.92 Å². The zero-order valence-corrected chi connectivity index (χ0v) is 17.6. The van der Waals surface area contributed by atoms with Gasteiger partial charge < -0.3 is 26.2 Å². The van der Waals surface area contributed by atoms with Gasteiger partial charge in [-0.3, -0.25) is 19.3 Å². The van der Waals surface area contributed by atoms with E-state index in [1.807, 2.05) is 0 Å². The molecular formula is C22H23FN2O7. The minimum atomic E-state index is -2.72. The molecule has 0 unspecified atom stereocenters. The summed E-state index contributed by atoms with van der Waals surface area (Å²) in [5.41, 5.74) is 1.09. The Labute approximate surface area is 182 Å². The van der Waals surface area contributed by atoms with Gasteiger partial charge in [0.2, 0.25) is 5.78 Å². The van der Waals surface area contributed by atoms with E-state index in [0.717, 1.165) is 12.1 Å². The molecule has 1 aromatic carbocycles. The SMILES string of the molecule is C[C@H]1c2c(F)ccc(O)c2C(O)=C2C(=O)[C@]3(O)C(O)=C(C(N)=O)C(=O)[C@@H](N(C)C)[C@@H]3C[C@@H]21.